The van der Waals surface area contributed by atoms with E-state index in [1.54, 1.807) is 48.8 Å². The minimum absolute atomic E-state index is 0.0804. The predicted octanol–water partition coefficient (Wildman–Crippen LogP) is 6.81. The fourth-order valence-corrected chi connectivity index (χ4v) is 5.11. The van der Waals surface area contributed by atoms with Gasteiger partial charge >= 0.3 is 0 Å². The van der Waals surface area contributed by atoms with Crippen molar-refractivity contribution in [3.05, 3.63) is 124 Å². The second-order valence-electron chi connectivity index (χ2n) is 8.74. The minimum atomic E-state index is -0.952. The van der Waals surface area contributed by atoms with Gasteiger partial charge in [-0.15, -0.1) is 0 Å². The van der Waals surface area contributed by atoms with Gasteiger partial charge in [-0.05, 0) is 53.6 Å². The SMILES string of the molecule is COc1c(Cl)cc(Cl)cc1/C(O)=C1\C(=O)C(=O)N(Cc2cccnc2)C1c1cccc(Oc2ccccc2)c1. The molecule has 1 amide bonds. The van der Waals surface area contributed by atoms with E-state index in [1.807, 2.05) is 30.3 Å². The van der Waals surface area contributed by atoms with Crippen LogP contribution < -0.4 is 9.47 Å². The summed E-state index contributed by atoms with van der Waals surface area (Å²) in [6.45, 7) is 0.0804. The van der Waals surface area contributed by atoms with Crippen molar-refractivity contribution in [2.24, 2.45) is 0 Å². The van der Waals surface area contributed by atoms with Gasteiger partial charge in [0.2, 0.25) is 0 Å². The van der Waals surface area contributed by atoms with Crippen molar-refractivity contribution < 1.29 is 24.2 Å². The highest BCUT2D eigenvalue weighted by molar-refractivity contribution is 6.46. The molecule has 0 aliphatic carbocycles. The summed E-state index contributed by atoms with van der Waals surface area (Å²) >= 11 is 12.5. The fourth-order valence-electron chi connectivity index (χ4n) is 4.54. The van der Waals surface area contributed by atoms with Gasteiger partial charge < -0.3 is 19.5 Å². The lowest BCUT2D eigenvalue weighted by Crippen LogP contribution is -2.29. The Labute approximate surface area is 234 Å². The third-order valence-electron chi connectivity index (χ3n) is 6.24. The van der Waals surface area contributed by atoms with E-state index in [9.17, 15) is 14.7 Å². The third-order valence-corrected chi connectivity index (χ3v) is 6.73. The quantitative estimate of drug-likeness (QED) is 0.152. The van der Waals surface area contributed by atoms with Crippen molar-refractivity contribution in [1.82, 2.24) is 9.88 Å². The molecule has 5 rings (SSSR count). The second-order valence-corrected chi connectivity index (χ2v) is 9.59. The zero-order valence-corrected chi connectivity index (χ0v) is 22.2. The van der Waals surface area contributed by atoms with Crippen molar-refractivity contribution >= 4 is 40.7 Å². The average Bonchev–Trinajstić information content (AvgIpc) is 3.18. The molecule has 1 aromatic heterocycles. The summed E-state index contributed by atoms with van der Waals surface area (Å²) in [6.07, 6.45) is 3.24. The number of pyridine rings is 1. The van der Waals surface area contributed by atoms with Crippen LogP contribution in [0.4, 0.5) is 0 Å². The number of aliphatic hydroxyl groups excluding tert-OH is 1. The van der Waals surface area contributed by atoms with Crippen molar-refractivity contribution in [2.45, 2.75) is 12.6 Å². The molecular weight excluding hydrogens is 539 g/mol. The number of ketones is 1. The van der Waals surface area contributed by atoms with E-state index in [-0.39, 0.29) is 33.5 Å². The first-order chi connectivity index (χ1) is 18.9. The number of amides is 1. The summed E-state index contributed by atoms with van der Waals surface area (Å²) in [6, 6.07) is 21.7. The van der Waals surface area contributed by atoms with Crippen LogP contribution in [0.1, 0.15) is 22.7 Å². The van der Waals surface area contributed by atoms with Crippen LogP contribution in [-0.2, 0) is 16.1 Å². The second kappa shape index (κ2) is 11.2. The summed E-state index contributed by atoms with van der Waals surface area (Å²) in [4.78, 5) is 32.4. The van der Waals surface area contributed by atoms with E-state index in [4.69, 9.17) is 32.7 Å². The lowest BCUT2D eigenvalue weighted by molar-refractivity contribution is -0.140. The number of benzene rings is 3. The average molecular weight is 561 g/mol. The number of nitrogens with zero attached hydrogens (tertiary/aromatic N) is 2. The number of methoxy groups -OCH3 is 1. The number of likely N-dealkylation sites (tertiary alicyclic amines) is 1. The van der Waals surface area contributed by atoms with Crippen LogP contribution in [0.15, 0.2) is 96.8 Å². The van der Waals surface area contributed by atoms with Crippen LogP contribution in [0.2, 0.25) is 10.0 Å². The Hall–Kier alpha value is -4.33. The molecule has 3 aromatic carbocycles. The standard InChI is InChI=1S/C30H22Cl2N2O5/c1-38-29-23(14-20(31)15-24(29)32)27(35)25-26(34(30(37)28(25)36)17-18-7-6-12-33-16-18)19-8-5-11-22(13-19)39-21-9-3-2-4-10-21/h2-16,26,35H,17H2,1H3/b27-25+. The summed E-state index contributed by atoms with van der Waals surface area (Å²) in [5.74, 6) is -0.841. The molecular formula is C30H22Cl2N2O5. The molecule has 0 spiro atoms. The van der Waals surface area contributed by atoms with Crippen LogP contribution in [0.25, 0.3) is 5.76 Å². The Balaban J connectivity index is 1.67. The van der Waals surface area contributed by atoms with E-state index in [0.717, 1.165) is 0 Å². The number of ether oxygens (including phenoxy) is 2. The van der Waals surface area contributed by atoms with Crippen molar-refractivity contribution in [3.8, 4) is 17.2 Å². The van der Waals surface area contributed by atoms with Crippen LogP contribution in [0.5, 0.6) is 17.2 Å². The Morgan fingerprint density at radius 2 is 1.74 bits per heavy atom. The molecule has 2 heterocycles. The van der Waals surface area contributed by atoms with Gasteiger partial charge in [0.15, 0.2) is 0 Å². The lowest BCUT2D eigenvalue weighted by atomic mass is 9.94. The fraction of sp³-hybridized carbons (Fsp3) is 0.100. The van der Waals surface area contributed by atoms with Gasteiger partial charge in [0, 0.05) is 24.0 Å². The van der Waals surface area contributed by atoms with Crippen LogP contribution in [0, 0.1) is 0 Å². The van der Waals surface area contributed by atoms with Gasteiger partial charge in [0.1, 0.15) is 23.0 Å². The van der Waals surface area contributed by atoms with Gasteiger partial charge in [0.05, 0.1) is 29.3 Å². The molecule has 1 aliphatic heterocycles. The molecule has 1 atom stereocenters. The number of aromatic nitrogens is 1. The topological polar surface area (TPSA) is 89.0 Å². The van der Waals surface area contributed by atoms with Crippen LogP contribution in [0.3, 0.4) is 0 Å². The van der Waals surface area contributed by atoms with Gasteiger partial charge in [-0.2, -0.15) is 0 Å². The molecule has 7 nitrogen and oxygen atoms in total. The number of hydrogen-bond donors (Lipinski definition) is 1. The zero-order valence-electron chi connectivity index (χ0n) is 20.7. The monoisotopic (exact) mass is 560 g/mol. The summed E-state index contributed by atoms with van der Waals surface area (Å²) in [5, 5.41) is 11.9. The molecule has 1 N–H and O–H groups in total. The van der Waals surface area contributed by atoms with E-state index in [0.29, 0.717) is 22.6 Å². The van der Waals surface area contributed by atoms with Crippen LogP contribution >= 0.6 is 23.2 Å². The number of halogens is 2. The van der Waals surface area contributed by atoms with E-state index in [1.165, 1.54) is 24.1 Å². The predicted molar refractivity (Wildman–Crippen MR) is 148 cm³/mol. The largest absolute Gasteiger partial charge is 0.507 e. The van der Waals surface area contributed by atoms with E-state index < -0.39 is 23.5 Å². The molecule has 0 bridgehead atoms. The lowest BCUT2D eigenvalue weighted by Gasteiger charge is -2.26. The Morgan fingerprint density at radius 3 is 2.46 bits per heavy atom. The maximum atomic E-state index is 13.5. The number of para-hydroxylation sites is 1. The molecule has 1 aliphatic rings. The first-order valence-electron chi connectivity index (χ1n) is 11.9. The van der Waals surface area contributed by atoms with Crippen molar-refractivity contribution in [3.63, 3.8) is 0 Å². The van der Waals surface area contributed by atoms with Crippen LogP contribution in [-0.4, -0.2) is 33.8 Å². The van der Waals surface area contributed by atoms with E-state index in [2.05, 4.69) is 4.98 Å². The summed E-state index contributed by atoms with van der Waals surface area (Å²) in [7, 11) is 1.38. The number of carbonyl (C=O) groups is 2. The molecule has 0 radical (unpaired) electrons. The zero-order chi connectivity index (χ0) is 27.5. The molecule has 9 heteroatoms. The van der Waals surface area contributed by atoms with Gasteiger partial charge in [0.25, 0.3) is 11.7 Å². The molecule has 1 saturated heterocycles. The van der Waals surface area contributed by atoms with Crippen molar-refractivity contribution in [1.29, 1.82) is 0 Å². The number of Topliss-reactive ketones (excluding diaryl/α,β-unsaturated/α-hetero) is 1. The number of carbonyl (C=O) groups excluding carboxylic acids is 2. The molecule has 0 saturated carbocycles. The highest BCUT2D eigenvalue weighted by Gasteiger charge is 2.46. The molecule has 39 heavy (non-hydrogen) atoms. The first-order valence-corrected chi connectivity index (χ1v) is 12.7. The smallest absolute Gasteiger partial charge is 0.295 e. The summed E-state index contributed by atoms with van der Waals surface area (Å²) < 4.78 is 11.4. The Bertz CT molecular complexity index is 1580. The third kappa shape index (κ3) is 5.32. The summed E-state index contributed by atoms with van der Waals surface area (Å²) in [5.41, 5.74) is 1.23. The van der Waals surface area contributed by atoms with E-state index >= 15 is 0 Å². The van der Waals surface area contributed by atoms with Crippen molar-refractivity contribution in [2.75, 3.05) is 7.11 Å². The van der Waals surface area contributed by atoms with Gasteiger partial charge in [-0.25, -0.2) is 0 Å². The normalized spacial score (nSPS) is 16.4. The molecule has 4 aromatic rings. The molecule has 1 fully saturated rings. The molecule has 196 valence electrons. The van der Waals surface area contributed by atoms with Gasteiger partial charge in [-0.3, -0.25) is 14.6 Å². The van der Waals surface area contributed by atoms with Gasteiger partial charge in [-0.1, -0.05) is 59.6 Å². The highest BCUT2D eigenvalue weighted by Crippen LogP contribution is 2.44. The highest BCUT2D eigenvalue weighted by atomic mass is 35.5. The minimum Gasteiger partial charge on any atom is -0.507 e. The maximum absolute atomic E-state index is 13.5. The molecule has 1 unspecified atom stereocenters. The Morgan fingerprint density at radius 1 is 0.974 bits per heavy atom. The number of rotatable bonds is 7. The number of aliphatic hydroxyl groups is 1. The number of hydrogen-bond acceptors (Lipinski definition) is 6. The first kappa shape index (κ1) is 26.3. The maximum Gasteiger partial charge on any atom is 0.295 e. The Kier molecular flexibility index (Phi) is 7.54.